The summed E-state index contributed by atoms with van der Waals surface area (Å²) in [5.41, 5.74) is 0.209. The minimum absolute atomic E-state index is 0.112. The van der Waals surface area contributed by atoms with Crippen LogP contribution < -0.4 is 5.32 Å². The largest absolute Gasteiger partial charge is 0.444 e. The zero-order valence-electron chi connectivity index (χ0n) is 9.91. The van der Waals surface area contributed by atoms with Crippen molar-refractivity contribution in [3.63, 3.8) is 0 Å². The van der Waals surface area contributed by atoms with Crippen molar-refractivity contribution in [2.75, 3.05) is 0 Å². The van der Waals surface area contributed by atoms with Gasteiger partial charge in [-0.3, -0.25) is 4.79 Å². The molecule has 1 atom stereocenters. The molecule has 1 N–H and O–H groups in total. The molecule has 0 bridgehead atoms. The number of rotatable bonds is 3. The lowest BCUT2D eigenvalue weighted by molar-refractivity contribution is 0.0910. The normalized spacial score (nSPS) is 12.2. The van der Waals surface area contributed by atoms with Gasteiger partial charge in [0.25, 0.3) is 5.91 Å². The van der Waals surface area contributed by atoms with Crippen molar-refractivity contribution >= 4 is 21.8 Å². The lowest BCUT2D eigenvalue weighted by Crippen LogP contribution is -2.26. The molecule has 1 heterocycles. The summed E-state index contributed by atoms with van der Waals surface area (Å²) in [6, 6.07) is 5.70. The summed E-state index contributed by atoms with van der Waals surface area (Å²) in [5, 5.41) is 2.57. The Morgan fingerprint density at radius 1 is 1.32 bits per heavy atom. The zero-order chi connectivity index (χ0) is 14.0. The van der Waals surface area contributed by atoms with Gasteiger partial charge >= 0.3 is 0 Å². The third-order valence-electron chi connectivity index (χ3n) is 2.57. The van der Waals surface area contributed by atoms with E-state index in [1.807, 2.05) is 0 Å². The van der Waals surface area contributed by atoms with Crippen molar-refractivity contribution in [3.05, 3.63) is 58.0 Å². The number of hydrogen-bond acceptors (Lipinski definition) is 2. The summed E-state index contributed by atoms with van der Waals surface area (Å²) in [6.45, 7) is 1.60. The topological polar surface area (TPSA) is 42.2 Å². The fourth-order valence-electron chi connectivity index (χ4n) is 1.63. The fraction of sp³-hybridized carbons (Fsp3) is 0.154. The predicted octanol–water partition coefficient (Wildman–Crippen LogP) is 3.81. The van der Waals surface area contributed by atoms with E-state index >= 15 is 0 Å². The maximum atomic E-state index is 13.5. The minimum atomic E-state index is -0.701. The predicted molar refractivity (Wildman–Crippen MR) is 68.6 cm³/mol. The van der Waals surface area contributed by atoms with Gasteiger partial charge in [-0.05, 0) is 41.1 Å². The average molecular weight is 330 g/mol. The van der Waals surface area contributed by atoms with Crippen LogP contribution in [0.2, 0.25) is 0 Å². The highest BCUT2D eigenvalue weighted by molar-refractivity contribution is 9.10. The second-order valence-electron chi connectivity index (χ2n) is 3.96. The number of furan rings is 1. The zero-order valence-corrected chi connectivity index (χ0v) is 11.5. The molecule has 3 nitrogen and oxygen atoms in total. The molecule has 1 unspecified atom stereocenters. The van der Waals surface area contributed by atoms with Crippen molar-refractivity contribution in [2.45, 2.75) is 13.0 Å². The van der Waals surface area contributed by atoms with E-state index in [4.69, 9.17) is 4.42 Å². The lowest BCUT2D eigenvalue weighted by atomic mass is 10.1. The molecule has 100 valence electrons. The van der Waals surface area contributed by atoms with Crippen molar-refractivity contribution in [1.29, 1.82) is 0 Å². The number of hydrogen-bond donors (Lipinski definition) is 1. The molecule has 2 rings (SSSR count). The van der Waals surface area contributed by atoms with Crippen LogP contribution in [0.4, 0.5) is 8.78 Å². The first-order valence-electron chi connectivity index (χ1n) is 5.48. The van der Waals surface area contributed by atoms with Crippen molar-refractivity contribution in [1.82, 2.24) is 5.32 Å². The van der Waals surface area contributed by atoms with Gasteiger partial charge in [-0.1, -0.05) is 6.07 Å². The van der Waals surface area contributed by atoms with Crippen LogP contribution in [0.1, 0.15) is 29.1 Å². The standard InChI is InChI=1S/C13H10BrF2NO2/c1-7(9-3-2-8(15)6-10(9)16)17-13(18)11-4-5-12(14)19-11/h2-7H,1H3,(H,17,18). The van der Waals surface area contributed by atoms with Gasteiger partial charge in [0.05, 0.1) is 6.04 Å². The molecule has 0 aliphatic carbocycles. The quantitative estimate of drug-likeness (QED) is 0.930. The van der Waals surface area contributed by atoms with Crippen molar-refractivity contribution < 1.29 is 18.0 Å². The second-order valence-corrected chi connectivity index (χ2v) is 4.75. The molecule has 0 radical (unpaired) electrons. The number of amides is 1. The molecular weight excluding hydrogens is 320 g/mol. The smallest absolute Gasteiger partial charge is 0.287 e. The Hall–Kier alpha value is -1.69. The summed E-state index contributed by atoms with van der Waals surface area (Å²) < 4.78 is 31.8. The van der Waals surface area contributed by atoms with Crippen molar-refractivity contribution in [2.24, 2.45) is 0 Å². The molecule has 0 aliphatic heterocycles. The van der Waals surface area contributed by atoms with E-state index in [-0.39, 0.29) is 11.3 Å². The Bertz CT molecular complexity index is 612. The Labute approximate surface area is 116 Å². The molecule has 19 heavy (non-hydrogen) atoms. The molecule has 1 amide bonds. The first-order chi connectivity index (χ1) is 8.97. The lowest BCUT2D eigenvalue weighted by Gasteiger charge is -2.14. The highest BCUT2D eigenvalue weighted by atomic mass is 79.9. The summed E-state index contributed by atoms with van der Waals surface area (Å²) in [7, 11) is 0. The molecule has 0 aliphatic rings. The van der Waals surface area contributed by atoms with Crippen LogP contribution in [0.3, 0.4) is 0 Å². The van der Waals surface area contributed by atoms with E-state index < -0.39 is 23.6 Å². The molecule has 1 aromatic carbocycles. The Morgan fingerprint density at radius 3 is 2.63 bits per heavy atom. The number of benzene rings is 1. The maximum absolute atomic E-state index is 13.5. The van der Waals surface area contributed by atoms with Gasteiger partial charge in [-0.2, -0.15) is 0 Å². The average Bonchev–Trinajstić information content (AvgIpc) is 2.75. The van der Waals surface area contributed by atoms with E-state index in [2.05, 4.69) is 21.2 Å². The molecular formula is C13H10BrF2NO2. The Balaban J connectivity index is 2.12. The van der Waals surface area contributed by atoms with Gasteiger partial charge in [0.1, 0.15) is 11.6 Å². The fourth-order valence-corrected chi connectivity index (χ4v) is 1.94. The SMILES string of the molecule is CC(NC(=O)c1ccc(Br)o1)c1ccc(F)cc1F. The van der Waals surface area contributed by atoms with Crippen LogP contribution in [-0.4, -0.2) is 5.91 Å². The Morgan fingerprint density at radius 2 is 2.05 bits per heavy atom. The van der Waals surface area contributed by atoms with Crippen molar-refractivity contribution in [3.8, 4) is 0 Å². The maximum Gasteiger partial charge on any atom is 0.287 e. The molecule has 1 aromatic heterocycles. The molecule has 0 saturated heterocycles. The summed E-state index contributed by atoms with van der Waals surface area (Å²) in [6.07, 6.45) is 0. The highest BCUT2D eigenvalue weighted by Gasteiger charge is 2.17. The van der Waals surface area contributed by atoms with Gasteiger partial charge < -0.3 is 9.73 Å². The van der Waals surface area contributed by atoms with Gasteiger partial charge in [0, 0.05) is 11.6 Å². The van der Waals surface area contributed by atoms with Gasteiger partial charge in [-0.25, -0.2) is 8.78 Å². The van der Waals surface area contributed by atoms with Crippen LogP contribution in [0.15, 0.2) is 39.4 Å². The number of nitrogens with one attached hydrogen (secondary N) is 1. The van der Waals surface area contributed by atoms with E-state index in [0.29, 0.717) is 4.67 Å². The third kappa shape index (κ3) is 3.20. The van der Waals surface area contributed by atoms with Crippen LogP contribution in [0.5, 0.6) is 0 Å². The first-order valence-corrected chi connectivity index (χ1v) is 6.28. The third-order valence-corrected chi connectivity index (χ3v) is 3.00. The second kappa shape index (κ2) is 5.52. The van der Waals surface area contributed by atoms with E-state index in [1.54, 1.807) is 13.0 Å². The number of halogens is 3. The molecule has 0 fully saturated rings. The van der Waals surface area contributed by atoms with Crippen LogP contribution in [-0.2, 0) is 0 Å². The highest BCUT2D eigenvalue weighted by Crippen LogP contribution is 2.19. The van der Waals surface area contributed by atoms with Gasteiger partial charge in [0.2, 0.25) is 0 Å². The van der Waals surface area contributed by atoms with E-state index in [1.165, 1.54) is 12.1 Å². The Kier molecular flexibility index (Phi) is 3.99. The first kappa shape index (κ1) is 13.7. The minimum Gasteiger partial charge on any atom is -0.444 e. The molecule has 0 spiro atoms. The van der Waals surface area contributed by atoms with Crippen LogP contribution in [0, 0.1) is 11.6 Å². The van der Waals surface area contributed by atoms with Gasteiger partial charge in [-0.15, -0.1) is 0 Å². The van der Waals surface area contributed by atoms with E-state index in [0.717, 1.165) is 12.1 Å². The monoisotopic (exact) mass is 329 g/mol. The molecule has 2 aromatic rings. The summed E-state index contributed by atoms with van der Waals surface area (Å²) >= 11 is 3.08. The number of carbonyl (C=O) groups is 1. The van der Waals surface area contributed by atoms with Crippen LogP contribution >= 0.6 is 15.9 Å². The summed E-state index contributed by atoms with van der Waals surface area (Å²) in [5.74, 6) is -1.72. The number of carbonyl (C=O) groups excluding carboxylic acids is 1. The van der Waals surface area contributed by atoms with Gasteiger partial charge in [0.15, 0.2) is 10.4 Å². The van der Waals surface area contributed by atoms with Crippen LogP contribution in [0.25, 0.3) is 0 Å². The molecule has 6 heteroatoms. The summed E-state index contributed by atoms with van der Waals surface area (Å²) in [4.78, 5) is 11.8. The van der Waals surface area contributed by atoms with E-state index in [9.17, 15) is 13.6 Å². The molecule has 0 saturated carbocycles.